The van der Waals surface area contributed by atoms with E-state index in [9.17, 15) is 9.59 Å². The molecule has 0 bridgehead atoms. The second-order valence-electron chi connectivity index (χ2n) is 5.19. The number of hydrogen-bond donors (Lipinski definition) is 1. The molecule has 1 aromatic carbocycles. The van der Waals surface area contributed by atoms with Gasteiger partial charge in [0, 0.05) is 36.1 Å². The van der Waals surface area contributed by atoms with Crippen LogP contribution in [0.2, 0.25) is 0 Å². The van der Waals surface area contributed by atoms with E-state index in [0.717, 1.165) is 28.6 Å². The molecule has 1 aliphatic carbocycles. The summed E-state index contributed by atoms with van der Waals surface area (Å²) >= 11 is 3.41. The summed E-state index contributed by atoms with van der Waals surface area (Å²) in [5, 5.41) is 2.94. The number of carbonyl (C=O) groups excluding carboxylic acids is 2. The molecule has 5 heteroatoms. The van der Waals surface area contributed by atoms with E-state index in [2.05, 4.69) is 21.2 Å². The molecule has 0 unspecified atom stereocenters. The molecule has 0 heterocycles. The lowest BCUT2D eigenvalue weighted by molar-refractivity contribution is -0.121. The number of rotatable bonds is 5. The fourth-order valence-electron chi connectivity index (χ4n) is 2.11. The molecule has 0 spiro atoms. The number of carbonyl (C=O) groups is 2. The molecule has 0 radical (unpaired) electrons. The van der Waals surface area contributed by atoms with Gasteiger partial charge in [-0.1, -0.05) is 15.9 Å². The normalized spacial score (nSPS) is 13.9. The Labute approximate surface area is 127 Å². The van der Waals surface area contributed by atoms with Crippen molar-refractivity contribution in [3.05, 3.63) is 28.2 Å². The molecule has 0 saturated heterocycles. The highest BCUT2D eigenvalue weighted by Gasteiger charge is 2.23. The Morgan fingerprint density at radius 2 is 2.10 bits per heavy atom. The Kier molecular flexibility index (Phi) is 4.81. The first-order valence-corrected chi connectivity index (χ1v) is 7.60. The SMILES string of the molecule is CC(=O)N(CCC(=O)NC1CC1)c1ccc(Br)cc1C. The van der Waals surface area contributed by atoms with Crippen LogP contribution in [-0.4, -0.2) is 24.4 Å². The van der Waals surface area contributed by atoms with Crippen LogP contribution in [0.5, 0.6) is 0 Å². The molecule has 0 aromatic heterocycles. The summed E-state index contributed by atoms with van der Waals surface area (Å²) in [7, 11) is 0. The number of benzene rings is 1. The van der Waals surface area contributed by atoms with Gasteiger partial charge in [-0.3, -0.25) is 9.59 Å². The Hall–Kier alpha value is -1.36. The van der Waals surface area contributed by atoms with E-state index in [0.29, 0.717) is 19.0 Å². The summed E-state index contributed by atoms with van der Waals surface area (Å²) in [6, 6.07) is 6.14. The van der Waals surface area contributed by atoms with Gasteiger partial charge in [0.25, 0.3) is 0 Å². The van der Waals surface area contributed by atoms with Crippen molar-refractivity contribution in [3.63, 3.8) is 0 Å². The highest BCUT2D eigenvalue weighted by Crippen LogP contribution is 2.24. The van der Waals surface area contributed by atoms with E-state index in [-0.39, 0.29) is 11.8 Å². The summed E-state index contributed by atoms with van der Waals surface area (Å²) < 4.78 is 0.980. The fraction of sp³-hybridized carbons (Fsp3) is 0.467. The average Bonchev–Trinajstić information content (AvgIpc) is 3.15. The highest BCUT2D eigenvalue weighted by atomic mass is 79.9. The number of halogens is 1. The van der Waals surface area contributed by atoms with Gasteiger partial charge >= 0.3 is 0 Å². The third kappa shape index (κ3) is 4.07. The Morgan fingerprint density at radius 3 is 2.65 bits per heavy atom. The van der Waals surface area contributed by atoms with E-state index < -0.39 is 0 Å². The van der Waals surface area contributed by atoms with E-state index >= 15 is 0 Å². The maximum Gasteiger partial charge on any atom is 0.223 e. The zero-order valence-electron chi connectivity index (χ0n) is 11.8. The summed E-state index contributed by atoms with van der Waals surface area (Å²) in [6.45, 7) is 3.90. The number of nitrogens with one attached hydrogen (secondary N) is 1. The summed E-state index contributed by atoms with van der Waals surface area (Å²) in [6.07, 6.45) is 2.49. The molecule has 20 heavy (non-hydrogen) atoms. The molecule has 0 atom stereocenters. The van der Waals surface area contributed by atoms with Gasteiger partial charge in [0.05, 0.1) is 0 Å². The lowest BCUT2D eigenvalue weighted by Gasteiger charge is -2.23. The second kappa shape index (κ2) is 6.39. The van der Waals surface area contributed by atoms with Gasteiger partial charge in [-0.25, -0.2) is 0 Å². The zero-order chi connectivity index (χ0) is 14.7. The molecule has 4 nitrogen and oxygen atoms in total. The van der Waals surface area contributed by atoms with Gasteiger partial charge in [-0.15, -0.1) is 0 Å². The average molecular weight is 339 g/mol. The lowest BCUT2D eigenvalue weighted by Crippen LogP contribution is -2.34. The first-order valence-electron chi connectivity index (χ1n) is 6.81. The quantitative estimate of drug-likeness (QED) is 0.897. The van der Waals surface area contributed by atoms with Crippen molar-refractivity contribution in [1.29, 1.82) is 0 Å². The van der Waals surface area contributed by atoms with Crippen molar-refractivity contribution < 1.29 is 9.59 Å². The zero-order valence-corrected chi connectivity index (χ0v) is 13.4. The van der Waals surface area contributed by atoms with Gasteiger partial charge in [0.2, 0.25) is 11.8 Å². The van der Waals surface area contributed by atoms with Crippen molar-refractivity contribution in [2.24, 2.45) is 0 Å². The number of hydrogen-bond acceptors (Lipinski definition) is 2. The van der Waals surface area contributed by atoms with Crippen LogP contribution in [0.1, 0.15) is 31.7 Å². The van der Waals surface area contributed by atoms with E-state index in [1.165, 1.54) is 6.92 Å². The van der Waals surface area contributed by atoms with Crippen molar-refractivity contribution in [1.82, 2.24) is 5.32 Å². The molecular formula is C15H19BrN2O2. The summed E-state index contributed by atoms with van der Waals surface area (Å²) in [5.74, 6) is -0.0249. The smallest absolute Gasteiger partial charge is 0.223 e. The highest BCUT2D eigenvalue weighted by molar-refractivity contribution is 9.10. The van der Waals surface area contributed by atoms with Crippen LogP contribution in [0.15, 0.2) is 22.7 Å². The van der Waals surface area contributed by atoms with Crippen LogP contribution in [-0.2, 0) is 9.59 Å². The first kappa shape index (κ1) is 15.0. The number of aryl methyl sites for hydroxylation is 1. The number of amides is 2. The molecule has 1 aromatic rings. The van der Waals surface area contributed by atoms with Crippen LogP contribution in [0, 0.1) is 6.92 Å². The predicted octanol–water partition coefficient (Wildman–Crippen LogP) is 2.78. The third-order valence-corrected chi connectivity index (χ3v) is 3.83. The van der Waals surface area contributed by atoms with Gasteiger partial charge in [-0.05, 0) is 43.5 Å². The van der Waals surface area contributed by atoms with Crippen molar-refractivity contribution in [3.8, 4) is 0 Å². The summed E-state index contributed by atoms with van der Waals surface area (Å²) in [5.41, 5.74) is 1.87. The fourth-order valence-corrected chi connectivity index (χ4v) is 2.59. The minimum Gasteiger partial charge on any atom is -0.353 e. The second-order valence-corrected chi connectivity index (χ2v) is 6.11. The van der Waals surface area contributed by atoms with Crippen LogP contribution in [0.4, 0.5) is 5.69 Å². The van der Waals surface area contributed by atoms with Crippen LogP contribution in [0.3, 0.4) is 0 Å². The minimum atomic E-state index is -0.0466. The molecule has 2 amide bonds. The molecule has 1 saturated carbocycles. The molecule has 1 aliphatic rings. The topological polar surface area (TPSA) is 49.4 Å². The van der Waals surface area contributed by atoms with Gasteiger partial charge in [0.15, 0.2) is 0 Å². The van der Waals surface area contributed by atoms with E-state index in [1.54, 1.807) is 4.90 Å². The molecule has 108 valence electrons. The monoisotopic (exact) mass is 338 g/mol. The van der Waals surface area contributed by atoms with Crippen LogP contribution < -0.4 is 10.2 Å². The molecular weight excluding hydrogens is 320 g/mol. The minimum absolute atomic E-state index is 0.0218. The van der Waals surface area contributed by atoms with Crippen LogP contribution in [0.25, 0.3) is 0 Å². The predicted molar refractivity (Wildman–Crippen MR) is 82.7 cm³/mol. The maximum atomic E-state index is 11.8. The van der Waals surface area contributed by atoms with E-state index in [1.807, 2.05) is 25.1 Å². The van der Waals surface area contributed by atoms with Crippen LogP contribution >= 0.6 is 15.9 Å². The van der Waals surface area contributed by atoms with Crippen molar-refractivity contribution in [2.45, 2.75) is 39.2 Å². The number of nitrogens with zero attached hydrogens (tertiary/aromatic N) is 1. The van der Waals surface area contributed by atoms with Gasteiger partial charge in [0.1, 0.15) is 0 Å². The Balaban J connectivity index is 2.02. The van der Waals surface area contributed by atoms with Gasteiger partial charge < -0.3 is 10.2 Å². The maximum absolute atomic E-state index is 11.8. The molecule has 0 aliphatic heterocycles. The largest absolute Gasteiger partial charge is 0.353 e. The Bertz CT molecular complexity index is 527. The Morgan fingerprint density at radius 1 is 1.40 bits per heavy atom. The van der Waals surface area contributed by atoms with Gasteiger partial charge in [-0.2, -0.15) is 0 Å². The van der Waals surface area contributed by atoms with Crippen molar-refractivity contribution in [2.75, 3.05) is 11.4 Å². The standard InChI is InChI=1S/C15H19BrN2O2/c1-10-9-12(16)3-6-14(10)18(11(2)19)8-7-15(20)17-13-4-5-13/h3,6,9,13H,4-5,7-8H2,1-2H3,(H,17,20). The third-order valence-electron chi connectivity index (χ3n) is 3.33. The lowest BCUT2D eigenvalue weighted by atomic mass is 10.1. The molecule has 1 N–H and O–H groups in total. The van der Waals surface area contributed by atoms with Crippen molar-refractivity contribution >= 4 is 33.4 Å². The van der Waals surface area contributed by atoms with E-state index in [4.69, 9.17) is 0 Å². The molecule has 1 fully saturated rings. The number of anilines is 1. The first-order chi connectivity index (χ1) is 9.47. The molecule has 2 rings (SSSR count). The summed E-state index contributed by atoms with van der Waals surface area (Å²) in [4.78, 5) is 25.2.